The van der Waals surface area contributed by atoms with Crippen LogP contribution >= 0.6 is 0 Å². The molecule has 1 aromatic carbocycles. The van der Waals surface area contributed by atoms with E-state index in [9.17, 15) is 22.6 Å². The lowest BCUT2D eigenvalue weighted by atomic mass is 10.0. The van der Waals surface area contributed by atoms with Gasteiger partial charge < -0.3 is 37.4 Å². The van der Waals surface area contributed by atoms with Crippen molar-refractivity contribution in [1.29, 1.82) is 0 Å². The summed E-state index contributed by atoms with van der Waals surface area (Å²) in [7, 11) is 4.32. The first kappa shape index (κ1) is 66.6. The van der Waals surface area contributed by atoms with E-state index in [4.69, 9.17) is 0 Å². The second kappa shape index (κ2) is 50.7. The van der Waals surface area contributed by atoms with Crippen LogP contribution in [0.5, 0.6) is 0 Å². The molecule has 0 aromatic heterocycles. The molecule has 0 radical (unpaired) electrons. The quantitative estimate of drug-likeness (QED) is 0.0396. The van der Waals surface area contributed by atoms with Crippen molar-refractivity contribution in [2.45, 2.75) is 244 Å². The lowest BCUT2D eigenvalue weighted by molar-refractivity contribution is -0.858. The molecule has 0 fully saturated rings. The molecule has 0 unspecified atom stereocenters. The fourth-order valence-electron chi connectivity index (χ4n) is 7.67. The first-order valence-electron chi connectivity index (χ1n) is 26.5. The van der Waals surface area contributed by atoms with E-state index in [-0.39, 0.29) is 29.1 Å². The van der Waals surface area contributed by atoms with Gasteiger partial charge in [-0.15, -0.1) is 0 Å². The fourth-order valence-corrected chi connectivity index (χ4v) is 8.37. The molecule has 0 aliphatic heterocycles. The summed E-state index contributed by atoms with van der Waals surface area (Å²) in [6.07, 6.45) is 44.7. The zero-order valence-corrected chi connectivity index (χ0v) is 44.6. The third-order valence-corrected chi connectivity index (χ3v) is 12.7. The minimum Gasteiger partial charge on any atom is -1.00 e. The topological polar surface area (TPSA) is 124 Å². The van der Waals surface area contributed by atoms with Gasteiger partial charge in [0.2, 0.25) is 11.8 Å². The summed E-state index contributed by atoms with van der Waals surface area (Å²) in [5.41, 5.74) is 0.488. The molecule has 0 bridgehead atoms. The number of carbonyl (C=O) groups is 2. The van der Waals surface area contributed by atoms with Crippen molar-refractivity contribution in [2.24, 2.45) is 0 Å². The SMILES string of the molecule is CCCCCCCCCCCCCCCCCC(=O)NCCC[NH+](C)C.CCCCCCCCCCCCCCCCCC(=O)NCCC[NH+](C)C.Cc1ccccc1S(=O)(=O)[O-].[Cl-]. The van der Waals surface area contributed by atoms with Gasteiger partial charge in [0.15, 0.2) is 0 Å². The normalized spacial score (nSPS) is 11.1. The Labute approximate surface area is 403 Å². The lowest BCUT2D eigenvalue weighted by Gasteiger charge is -2.08. The van der Waals surface area contributed by atoms with E-state index in [2.05, 4.69) is 52.7 Å². The standard InChI is InChI=1S/2C23H48N2O.C7H8O3S.ClH/c2*1-4-5-6-7-8-9-10-11-12-13-14-15-16-17-18-20-23(26)24-21-19-22-25(2)3;1-6-4-2-3-5-7(6)11(8,9)10;/h2*4-22H2,1-3H3,(H,24,26);2-5H,1H3,(H,8,9,10);1H. The summed E-state index contributed by atoms with van der Waals surface area (Å²) in [6, 6.07) is 6.10. The number of quaternary nitrogens is 2. The van der Waals surface area contributed by atoms with Crippen LogP contribution in [0.15, 0.2) is 29.2 Å². The second-order valence-corrected chi connectivity index (χ2v) is 20.3. The number of nitrogens with one attached hydrogen (secondary N) is 4. The summed E-state index contributed by atoms with van der Waals surface area (Å²) in [5.74, 6) is 0.488. The van der Waals surface area contributed by atoms with Gasteiger partial charge in [-0.05, 0) is 31.4 Å². The smallest absolute Gasteiger partial charge is 0.219 e. The molecular weight excluding hydrogens is 840 g/mol. The van der Waals surface area contributed by atoms with Crippen molar-refractivity contribution in [3.63, 3.8) is 0 Å². The molecule has 1 aromatic rings. The summed E-state index contributed by atoms with van der Waals surface area (Å²) in [4.78, 5) is 26.2. The average Bonchev–Trinajstić information content (AvgIpc) is 3.24. The largest absolute Gasteiger partial charge is 1.00 e. The number of hydrogen-bond acceptors (Lipinski definition) is 5. The molecule has 1 rings (SSSR count). The Morgan fingerprint density at radius 3 is 0.969 bits per heavy atom. The van der Waals surface area contributed by atoms with Crippen LogP contribution in [0.4, 0.5) is 0 Å². The summed E-state index contributed by atoms with van der Waals surface area (Å²) in [5, 5.41) is 6.07. The number of hydrogen-bond donors (Lipinski definition) is 4. The summed E-state index contributed by atoms with van der Waals surface area (Å²) >= 11 is 0. The molecule has 0 aliphatic rings. The highest BCUT2D eigenvalue weighted by Gasteiger charge is 2.04. The lowest BCUT2D eigenvalue weighted by Crippen LogP contribution is -3.05. The molecular formula is C53H105ClN4O5S. The van der Waals surface area contributed by atoms with Crippen molar-refractivity contribution in [1.82, 2.24) is 10.6 Å². The van der Waals surface area contributed by atoms with E-state index in [1.54, 1.807) is 19.1 Å². The number of halogens is 1. The monoisotopic (exact) mass is 945 g/mol. The molecule has 380 valence electrons. The van der Waals surface area contributed by atoms with Gasteiger partial charge in [-0.3, -0.25) is 9.59 Å². The Morgan fingerprint density at radius 2 is 0.734 bits per heavy atom. The molecule has 0 spiro atoms. The minimum absolute atomic E-state index is 0. The van der Waals surface area contributed by atoms with Crippen molar-refractivity contribution in [3.05, 3.63) is 29.8 Å². The highest BCUT2D eigenvalue weighted by molar-refractivity contribution is 7.85. The van der Waals surface area contributed by atoms with Gasteiger partial charge in [0.25, 0.3) is 0 Å². The van der Waals surface area contributed by atoms with Crippen molar-refractivity contribution in [3.8, 4) is 0 Å². The third-order valence-electron chi connectivity index (χ3n) is 11.7. The van der Waals surface area contributed by atoms with Crippen LogP contribution in [0.1, 0.15) is 238 Å². The molecule has 4 N–H and O–H groups in total. The molecule has 0 atom stereocenters. The van der Waals surface area contributed by atoms with Crippen LogP contribution in [0, 0.1) is 6.92 Å². The number of amides is 2. The summed E-state index contributed by atoms with van der Waals surface area (Å²) in [6.45, 7) is 10.1. The molecule has 0 saturated carbocycles. The molecule has 2 amide bonds. The number of aryl methyl sites for hydroxylation is 1. The van der Waals surface area contributed by atoms with Gasteiger partial charge in [-0.1, -0.05) is 212 Å². The van der Waals surface area contributed by atoms with Crippen LogP contribution in [0.3, 0.4) is 0 Å². The van der Waals surface area contributed by atoms with Gasteiger partial charge in [0, 0.05) is 38.8 Å². The van der Waals surface area contributed by atoms with Crippen LogP contribution < -0.4 is 32.8 Å². The number of unbranched alkanes of at least 4 members (excludes halogenated alkanes) is 28. The number of rotatable bonds is 41. The van der Waals surface area contributed by atoms with Gasteiger partial charge in [0.1, 0.15) is 10.1 Å². The van der Waals surface area contributed by atoms with Crippen LogP contribution in [-0.4, -0.2) is 79.2 Å². The third kappa shape index (κ3) is 52.9. The Kier molecular flexibility index (Phi) is 52.7. The first-order chi connectivity index (χ1) is 30.3. The molecule has 0 heterocycles. The molecule has 9 nitrogen and oxygen atoms in total. The van der Waals surface area contributed by atoms with Crippen LogP contribution in [0.2, 0.25) is 0 Å². The zero-order chi connectivity index (χ0) is 47.1. The van der Waals surface area contributed by atoms with Gasteiger partial charge in [-0.25, -0.2) is 8.42 Å². The predicted molar refractivity (Wildman–Crippen MR) is 269 cm³/mol. The minimum atomic E-state index is -4.28. The maximum atomic E-state index is 11.7. The average molecular weight is 946 g/mol. The Hall–Kier alpha value is -1.72. The molecule has 0 saturated heterocycles. The van der Waals surface area contributed by atoms with Gasteiger partial charge in [-0.2, -0.15) is 0 Å². The van der Waals surface area contributed by atoms with E-state index in [1.807, 2.05) is 0 Å². The zero-order valence-electron chi connectivity index (χ0n) is 43.0. The fraction of sp³-hybridized carbons (Fsp3) is 0.849. The van der Waals surface area contributed by atoms with Crippen molar-refractivity contribution < 1.29 is 44.8 Å². The van der Waals surface area contributed by atoms with E-state index >= 15 is 0 Å². The van der Waals surface area contributed by atoms with Gasteiger partial charge in [0.05, 0.1) is 46.2 Å². The maximum absolute atomic E-state index is 11.7. The second-order valence-electron chi connectivity index (χ2n) is 18.9. The van der Waals surface area contributed by atoms with Crippen LogP contribution in [-0.2, 0) is 19.7 Å². The Morgan fingerprint density at radius 1 is 0.469 bits per heavy atom. The van der Waals surface area contributed by atoms with Crippen molar-refractivity contribution >= 4 is 21.9 Å². The van der Waals surface area contributed by atoms with Crippen molar-refractivity contribution in [2.75, 3.05) is 54.4 Å². The maximum Gasteiger partial charge on any atom is 0.219 e. The van der Waals surface area contributed by atoms with Gasteiger partial charge >= 0.3 is 0 Å². The highest BCUT2D eigenvalue weighted by atomic mass is 35.5. The molecule has 0 aliphatic carbocycles. The van der Waals surface area contributed by atoms with E-state index < -0.39 is 10.1 Å². The Balaban J connectivity index is -0.000000929. The Bertz CT molecular complexity index is 1190. The number of carbonyl (C=O) groups excluding carboxylic acids is 2. The predicted octanol–water partition coefficient (Wildman–Crippen LogP) is 7.70. The van der Waals surface area contributed by atoms with E-state index in [1.165, 1.54) is 202 Å². The van der Waals surface area contributed by atoms with E-state index in [0.29, 0.717) is 18.4 Å². The first-order valence-corrected chi connectivity index (χ1v) is 27.9. The number of benzene rings is 1. The highest BCUT2D eigenvalue weighted by Crippen LogP contribution is 2.16. The van der Waals surface area contributed by atoms with Crippen LogP contribution in [0.25, 0.3) is 0 Å². The molecule has 11 heteroatoms. The summed E-state index contributed by atoms with van der Waals surface area (Å²) < 4.78 is 31.5. The molecule has 64 heavy (non-hydrogen) atoms. The van der Waals surface area contributed by atoms with E-state index in [0.717, 1.165) is 51.9 Å².